The number of nitrogens with zero attached hydrogens (tertiary/aromatic N) is 3. The summed E-state index contributed by atoms with van der Waals surface area (Å²) in [6.07, 6.45) is 4.07. The van der Waals surface area contributed by atoms with Crippen molar-refractivity contribution in [3.8, 4) is 0 Å². The highest BCUT2D eigenvalue weighted by molar-refractivity contribution is 7.92. The zero-order valence-electron chi connectivity index (χ0n) is 24.9. The van der Waals surface area contributed by atoms with Gasteiger partial charge in [0.1, 0.15) is 11.6 Å². The van der Waals surface area contributed by atoms with Crippen LogP contribution in [-0.2, 0) is 26.8 Å². The van der Waals surface area contributed by atoms with Crippen LogP contribution in [0.2, 0.25) is 0 Å². The van der Waals surface area contributed by atoms with E-state index in [-0.39, 0.29) is 35.2 Å². The van der Waals surface area contributed by atoms with Crippen molar-refractivity contribution in [1.82, 2.24) is 15.1 Å². The highest BCUT2D eigenvalue weighted by atomic mass is 32.2. The first kappa shape index (κ1) is 29.9. The first-order valence-corrected chi connectivity index (χ1v) is 17.1. The molecule has 45 heavy (non-hydrogen) atoms. The van der Waals surface area contributed by atoms with Crippen molar-refractivity contribution in [2.45, 2.75) is 55.0 Å². The molecule has 3 aromatic carbocycles. The van der Waals surface area contributed by atoms with Crippen molar-refractivity contribution in [1.29, 1.82) is 0 Å². The fourth-order valence-electron chi connectivity index (χ4n) is 7.31. The standard InChI is InChI=1S/C34H36F2N4O4S/c35-26-9-11-27(12-10-26)45(43,44)40-30-13-8-24(33(42)37-21-25-4-1-2-5-29(25)36)20-28(30)34(32(40)23-6-7-23)14-18-38(19-15-34)22-31(41)39-16-3-17-39/h1-2,4-5,8-13,20,23,32H,3,6-7,14-19,21-22H2,(H,37,42). The van der Waals surface area contributed by atoms with Crippen molar-refractivity contribution in [2.24, 2.45) is 5.92 Å². The van der Waals surface area contributed by atoms with Gasteiger partial charge in [-0.05, 0) is 105 Å². The SMILES string of the molecule is O=C(NCc1ccccc1F)c1ccc2c(c1)C1(CCN(CC(=O)N3CCC3)CC1)C(C1CC1)N2S(=O)(=O)c1ccc(F)cc1. The molecule has 4 aliphatic rings. The first-order chi connectivity index (χ1) is 21.7. The summed E-state index contributed by atoms with van der Waals surface area (Å²) in [5.74, 6) is -1.04. The van der Waals surface area contributed by atoms with Crippen LogP contribution in [0.15, 0.2) is 71.6 Å². The highest BCUT2D eigenvalue weighted by Crippen LogP contribution is 2.59. The Labute approximate surface area is 262 Å². The van der Waals surface area contributed by atoms with E-state index in [1.165, 1.54) is 22.5 Å². The Morgan fingerprint density at radius 3 is 2.27 bits per heavy atom. The number of hydrogen-bond donors (Lipinski definition) is 1. The number of carbonyl (C=O) groups is 2. The molecule has 3 heterocycles. The second kappa shape index (κ2) is 11.5. The van der Waals surface area contributed by atoms with E-state index < -0.39 is 27.1 Å². The molecule has 3 aliphatic heterocycles. The summed E-state index contributed by atoms with van der Waals surface area (Å²) in [7, 11) is -4.07. The van der Waals surface area contributed by atoms with Crippen molar-refractivity contribution in [2.75, 3.05) is 37.0 Å². The number of halogens is 2. The summed E-state index contributed by atoms with van der Waals surface area (Å²) in [6.45, 7) is 3.20. The molecule has 0 radical (unpaired) electrons. The van der Waals surface area contributed by atoms with Crippen LogP contribution < -0.4 is 9.62 Å². The summed E-state index contributed by atoms with van der Waals surface area (Å²) in [4.78, 5) is 30.2. The molecule has 0 aromatic heterocycles. The molecule has 0 bridgehead atoms. The first-order valence-electron chi connectivity index (χ1n) is 15.6. The molecule has 1 N–H and O–H groups in total. The highest BCUT2D eigenvalue weighted by Gasteiger charge is 2.60. The normalized spacial score (nSPS) is 21.0. The van der Waals surface area contributed by atoms with E-state index in [1.807, 2.05) is 11.0 Å². The van der Waals surface area contributed by atoms with Gasteiger partial charge in [-0.15, -0.1) is 0 Å². The summed E-state index contributed by atoms with van der Waals surface area (Å²) in [5, 5.41) is 2.81. The molecular formula is C34H36F2N4O4S. The number of sulfonamides is 1. The van der Waals surface area contributed by atoms with Crippen LogP contribution in [0.4, 0.5) is 14.5 Å². The monoisotopic (exact) mass is 634 g/mol. The summed E-state index contributed by atoms with van der Waals surface area (Å²) in [5.41, 5.74) is 1.51. The second-order valence-electron chi connectivity index (χ2n) is 12.7. The molecule has 1 saturated carbocycles. The molecular weight excluding hydrogens is 598 g/mol. The van der Waals surface area contributed by atoms with Crippen LogP contribution >= 0.6 is 0 Å². The summed E-state index contributed by atoms with van der Waals surface area (Å²) in [6, 6.07) is 15.9. The molecule has 8 nitrogen and oxygen atoms in total. The number of piperidine rings is 1. The lowest BCUT2D eigenvalue weighted by Gasteiger charge is -2.45. The Bertz CT molecular complexity index is 1730. The Hall–Kier alpha value is -3.83. The fraction of sp³-hybridized carbons (Fsp3) is 0.412. The van der Waals surface area contributed by atoms with Crippen molar-refractivity contribution >= 4 is 27.5 Å². The zero-order chi connectivity index (χ0) is 31.3. The molecule has 236 valence electrons. The molecule has 1 atom stereocenters. The predicted molar refractivity (Wildman–Crippen MR) is 165 cm³/mol. The number of amides is 2. The van der Waals surface area contributed by atoms with Crippen LogP contribution in [0.25, 0.3) is 0 Å². The molecule has 11 heteroatoms. The summed E-state index contributed by atoms with van der Waals surface area (Å²) < 4.78 is 58.2. The minimum atomic E-state index is -4.07. The van der Waals surface area contributed by atoms with Crippen LogP contribution in [0, 0.1) is 17.6 Å². The minimum Gasteiger partial charge on any atom is -0.348 e. The number of fused-ring (bicyclic) bond motifs is 2. The molecule has 2 amide bonds. The van der Waals surface area contributed by atoms with Crippen molar-refractivity contribution in [3.63, 3.8) is 0 Å². The van der Waals surface area contributed by atoms with Gasteiger partial charge in [0.15, 0.2) is 0 Å². The molecule has 1 unspecified atom stereocenters. The maximum Gasteiger partial charge on any atom is 0.264 e. The number of carbonyl (C=O) groups excluding carboxylic acids is 2. The quantitative estimate of drug-likeness (QED) is 0.396. The Morgan fingerprint density at radius 2 is 1.62 bits per heavy atom. The minimum absolute atomic E-state index is 0.0156. The molecule has 2 saturated heterocycles. The number of hydrogen-bond acceptors (Lipinski definition) is 5. The number of nitrogens with one attached hydrogen (secondary N) is 1. The second-order valence-corrected chi connectivity index (χ2v) is 14.5. The fourth-order valence-corrected chi connectivity index (χ4v) is 9.11. The van der Waals surface area contributed by atoms with Gasteiger partial charge >= 0.3 is 0 Å². The number of benzene rings is 3. The lowest BCUT2D eigenvalue weighted by Crippen LogP contribution is -2.55. The molecule has 7 rings (SSSR count). The van der Waals surface area contributed by atoms with Crippen LogP contribution in [0.5, 0.6) is 0 Å². The van der Waals surface area contributed by atoms with Gasteiger partial charge in [-0.1, -0.05) is 18.2 Å². The van der Waals surface area contributed by atoms with Gasteiger partial charge < -0.3 is 10.2 Å². The van der Waals surface area contributed by atoms with Gasteiger partial charge in [0, 0.05) is 36.2 Å². The van der Waals surface area contributed by atoms with Crippen LogP contribution in [0.1, 0.15) is 53.6 Å². The van der Waals surface area contributed by atoms with Gasteiger partial charge in [0.05, 0.1) is 23.2 Å². The van der Waals surface area contributed by atoms with Crippen LogP contribution in [0.3, 0.4) is 0 Å². The van der Waals surface area contributed by atoms with Gasteiger partial charge in [0.25, 0.3) is 15.9 Å². The Kier molecular flexibility index (Phi) is 7.64. The topological polar surface area (TPSA) is 90.0 Å². The van der Waals surface area contributed by atoms with Crippen molar-refractivity contribution < 1.29 is 26.8 Å². The smallest absolute Gasteiger partial charge is 0.264 e. The molecule has 1 aliphatic carbocycles. The molecule has 1 spiro atoms. The average molecular weight is 635 g/mol. The van der Waals surface area contributed by atoms with E-state index in [0.29, 0.717) is 49.3 Å². The third kappa shape index (κ3) is 5.39. The number of anilines is 1. The molecule has 3 fully saturated rings. The van der Waals surface area contributed by atoms with E-state index in [9.17, 15) is 26.8 Å². The lowest BCUT2D eigenvalue weighted by molar-refractivity contribution is -0.136. The van der Waals surface area contributed by atoms with Gasteiger partial charge in [-0.2, -0.15) is 0 Å². The van der Waals surface area contributed by atoms with E-state index in [4.69, 9.17) is 0 Å². The maximum absolute atomic E-state index is 14.3. The van der Waals surface area contributed by atoms with E-state index in [2.05, 4.69) is 10.2 Å². The van der Waals surface area contributed by atoms with Gasteiger partial charge in [-0.25, -0.2) is 17.2 Å². The van der Waals surface area contributed by atoms with Crippen LogP contribution in [-0.4, -0.2) is 68.8 Å². The van der Waals surface area contributed by atoms with Gasteiger partial charge in [-0.3, -0.25) is 18.8 Å². The maximum atomic E-state index is 14.3. The Morgan fingerprint density at radius 1 is 0.911 bits per heavy atom. The predicted octanol–water partition coefficient (Wildman–Crippen LogP) is 4.45. The third-order valence-corrected chi connectivity index (χ3v) is 11.8. The summed E-state index contributed by atoms with van der Waals surface area (Å²) >= 11 is 0. The lowest BCUT2D eigenvalue weighted by atomic mass is 9.68. The molecule has 3 aromatic rings. The number of likely N-dealkylation sites (tertiary alicyclic amines) is 2. The third-order valence-electron chi connectivity index (χ3n) is 10.0. The largest absolute Gasteiger partial charge is 0.348 e. The van der Waals surface area contributed by atoms with Gasteiger partial charge in [0.2, 0.25) is 5.91 Å². The van der Waals surface area contributed by atoms with Crippen molar-refractivity contribution in [3.05, 3.63) is 95.1 Å². The van der Waals surface area contributed by atoms with E-state index in [1.54, 1.807) is 30.3 Å². The average Bonchev–Trinajstić information content (AvgIpc) is 3.80. The zero-order valence-corrected chi connectivity index (χ0v) is 25.7. The van der Waals surface area contributed by atoms with E-state index >= 15 is 0 Å². The Balaban J connectivity index is 1.24. The number of rotatable bonds is 8. The van der Waals surface area contributed by atoms with E-state index in [0.717, 1.165) is 50.0 Å².